The maximum absolute atomic E-state index is 10.7. The molecule has 0 bridgehead atoms. The molecule has 1 fully saturated rings. The van der Waals surface area contributed by atoms with E-state index in [-0.39, 0.29) is 6.42 Å². The molecule has 3 atom stereocenters. The van der Waals surface area contributed by atoms with Gasteiger partial charge < -0.3 is 5.11 Å². The Morgan fingerprint density at radius 3 is 2.40 bits per heavy atom. The molecule has 20 heavy (non-hydrogen) atoms. The minimum atomic E-state index is -0.675. The quantitative estimate of drug-likeness (QED) is 0.767. The maximum Gasteiger partial charge on any atom is 0.303 e. The molecule has 1 aliphatic carbocycles. The molecule has 0 saturated heterocycles. The molecule has 1 N–H and O–H groups in total. The van der Waals surface area contributed by atoms with Crippen LogP contribution in [0.3, 0.4) is 0 Å². The van der Waals surface area contributed by atoms with Gasteiger partial charge in [-0.3, -0.25) is 9.69 Å². The van der Waals surface area contributed by atoms with E-state index >= 15 is 0 Å². The second-order valence-corrected chi connectivity index (χ2v) is 7.22. The lowest BCUT2D eigenvalue weighted by Crippen LogP contribution is -2.49. The Bertz CT molecular complexity index is 301. The molecule has 0 radical (unpaired) electrons. The first kappa shape index (κ1) is 17.5. The fraction of sp³-hybridized carbons (Fsp3) is 0.941. The standard InChI is InChI=1S/C17H33NO2/c1-12(2)15-9-8-14(5)11-16(15)18(13(3)4)10-6-7-17(19)20/h12-16H,6-11H2,1-5H3,(H,19,20). The molecule has 1 rings (SSSR count). The van der Waals surface area contributed by atoms with Crippen LogP contribution in [0.15, 0.2) is 0 Å². The predicted octanol–water partition coefficient (Wildman–Crippen LogP) is 4.02. The number of hydrogen-bond donors (Lipinski definition) is 1. The summed E-state index contributed by atoms with van der Waals surface area (Å²) in [5.41, 5.74) is 0. The molecular formula is C17H33NO2. The molecule has 0 amide bonds. The van der Waals surface area contributed by atoms with Gasteiger partial charge in [0.1, 0.15) is 0 Å². The van der Waals surface area contributed by atoms with Crippen molar-refractivity contribution in [1.82, 2.24) is 4.90 Å². The molecule has 0 aromatic heterocycles. The van der Waals surface area contributed by atoms with E-state index in [0.29, 0.717) is 18.0 Å². The largest absolute Gasteiger partial charge is 0.481 e. The van der Waals surface area contributed by atoms with Crippen molar-refractivity contribution in [1.29, 1.82) is 0 Å². The van der Waals surface area contributed by atoms with Crippen LogP contribution in [-0.2, 0) is 4.79 Å². The number of rotatable bonds is 7. The SMILES string of the molecule is CC1CCC(C(C)C)C(N(CCCC(=O)O)C(C)C)C1. The van der Waals surface area contributed by atoms with Crippen LogP contribution in [0.25, 0.3) is 0 Å². The van der Waals surface area contributed by atoms with Crippen molar-refractivity contribution in [2.45, 2.75) is 78.8 Å². The van der Waals surface area contributed by atoms with Gasteiger partial charge >= 0.3 is 5.97 Å². The van der Waals surface area contributed by atoms with E-state index in [0.717, 1.165) is 24.8 Å². The van der Waals surface area contributed by atoms with Crippen molar-refractivity contribution in [3.05, 3.63) is 0 Å². The van der Waals surface area contributed by atoms with E-state index in [1.54, 1.807) is 0 Å². The van der Waals surface area contributed by atoms with E-state index < -0.39 is 5.97 Å². The predicted molar refractivity (Wildman–Crippen MR) is 83.8 cm³/mol. The molecule has 1 saturated carbocycles. The number of nitrogens with zero attached hydrogens (tertiary/aromatic N) is 1. The maximum atomic E-state index is 10.7. The molecular weight excluding hydrogens is 250 g/mol. The van der Waals surface area contributed by atoms with Crippen LogP contribution in [0.1, 0.15) is 66.7 Å². The summed E-state index contributed by atoms with van der Waals surface area (Å²) < 4.78 is 0. The van der Waals surface area contributed by atoms with Gasteiger partial charge in [-0.15, -0.1) is 0 Å². The summed E-state index contributed by atoms with van der Waals surface area (Å²) >= 11 is 0. The highest BCUT2D eigenvalue weighted by atomic mass is 16.4. The minimum Gasteiger partial charge on any atom is -0.481 e. The van der Waals surface area contributed by atoms with Crippen LogP contribution >= 0.6 is 0 Å². The molecule has 3 nitrogen and oxygen atoms in total. The van der Waals surface area contributed by atoms with Gasteiger partial charge in [-0.2, -0.15) is 0 Å². The lowest BCUT2D eigenvalue weighted by molar-refractivity contribution is -0.137. The fourth-order valence-corrected chi connectivity index (χ4v) is 3.75. The smallest absolute Gasteiger partial charge is 0.303 e. The van der Waals surface area contributed by atoms with Crippen molar-refractivity contribution in [2.75, 3.05) is 6.54 Å². The second-order valence-electron chi connectivity index (χ2n) is 7.22. The zero-order chi connectivity index (χ0) is 15.3. The van der Waals surface area contributed by atoms with Crippen molar-refractivity contribution < 1.29 is 9.90 Å². The highest BCUT2D eigenvalue weighted by Crippen LogP contribution is 2.37. The van der Waals surface area contributed by atoms with Gasteiger partial charge in [0.2, 0.25) is 0 Å². The summed E-state index contributed by atoms with van der Waals surface area (Å²) in [4.78, 5) is 13.3. The molecule has 0 aromatic rings. The van der Waals surface area contributed by atoms with Crippen molar-refractivity contribution in [3.63, 3.8) is 0 Å². The number of carboxylic acids is 1. The Morgan fingerprint density at radius 2 is 1.90 bits per heavy atom. The minimum absolute atomic E-state index is 0.290. The van der Waals surface area contributed by atoms with E-state index in [1.165, 1.54) is 19.3 Å². The van der Waals surface area contributed by atoms with E-state index in [2.05, 4.69) is 39.5 Å². The highest BCUT2D eigenvalue weighted by molar-refractivity contribution is 5.66. The Balaban J connectivity index is 2.72. The van der Waals surface area contributed by atoms with Gasteiger partial charge in [-0.1, -0.05) is 27.2 Å². The Labute approximate surface area is 124 Å². The van der Waals surface area contributed by atoms with Crippen LogP contribution < -0.4 is 0 Å². The van der Waals surface area contributed by atoms with Crippen LogP contribution in [0, 0.1) is 17.8 Å². The first-order chi connectivity index (χ1) is 9.32. The molecule has 3 unspecified atom stereocenters. The summed E-state index contributed by atoms with van der Waals surface area (Å²) in [6.45, 7) is 12.4. The lowest BCUT2D eigenvalue weighted by Gasteiger charge is -2.46. The molecule has 0 spiro atoms. The van der Waals surface area contributed by atoms with Crippen molar-refractivity contribution in [2.24, 2.45) is 17.8 Å². The van der Waals surface area contributed by atoms with Crippen LogP contribution in [-0.4, -0.2) is 34.6 Å². The normalized spacial score (nSPS) is 27.5. The molecule has 0 aliphatic heterocycles. The molecule has 0 aromatic carbocycles. The fourth-order valence-electron chi connectivity index (χ4n) is 3.75. The number of aliphatic carboxylic acids is 1. The van der Waals surface area contributed by atoms with Crippen LogP contribution in [0.2, 0.25) is 0 Å². The van der Waals surface area contributed by atoms with Gasteiger partial charge in [0.25, 0.3) is 0 Å². The van der Waals surface area contributed by atoms with Gasteiger partial charge in [0, 0.05) is 18.5 Å². The van der Waals surface area contributed by atoms with Gasteiger partial charge in [0.05, 0.1) is 0 Å². The van der Waals surface area contributed by atoms with Gasteiger partial charge in [-0.25, -0.2) is 0 Å². The molecule has 1 aliphatic rings. The molecule has 118 valence electrons. The number of carboxylic acid groups (broad SMARTS) is 1. The summed E-state index contributed by atoms with van der Waals surface area (Å²) in [5.74, 6) is 1.61. The second kappa shape index (κ2) is 8.02. The average molecular weight is 283 g/mol. The van der Waals surface area contributed by atoms with Crippen molar-refractivity contribution in [3.8, 4) is 0 Å². The third-order valence-corrected chi connectivity index (χ3v) is 4.88. The number of carbonyl (C=O) groups is 1. The lowest BCUT2D eigenvalue weighted by atomic mass is 9.73. The Kier molecular flexibility index (Phi) is 7.01. The monoisotopic (exact) mass is 283 g/mol. The number of hydrogen-bond acceptors (Lipinski definition) is 2. The first-order valence-electron chi connectivity index (χ1n) is 8.30. The third kappa shape index (κ3) is 5.08. The summed E-state index contributed by atoms with van der Waals surface area (Å²) in [6.07, 6.45) is 5.00. The van der Waals surface area contributed by atoms with Crippen LogP contribution in [0.5, 0.6) is 0 Å². The average Bonchev–Trinajstić information content (AvgIpc) is 2.33. The summed E-state index contributed by atoms with van der Waals surface area (Å²) in [6, 6.07) is 1.13. The Morgan fingerprint density at radius 1 is 1.25 bits per heavy atom. The van der Waals surface area contributed by atoms with Gasteiger partial charge in [0.15, 0.2) is 0 Å². The van der Waals surface area contributed by atoms with E-state index in [9.17, 15) is 4.79 Å². The third-order valence-electron chi connectivity index (χ3n) is 4.88. The van der Waals surface area contributed by atoms with Crippen LogP contribution in [0.4, 0.5) is 0 Å². The zero-order valence-electron chi connectivity index (χ0n) is 13.9. The van der Waals surface area contributed by atoms with E-state index in [4.69, 9.17) is 5.11 Å². The highest BCUT2D eigenvalue weighted by Gasteiger charge is 2.35. The van der Waals surface area contributed by atoms with E-state index in [1.807, 2.05) is 0 Å². The molecule has 0 heterocycles. The zero-order valence-corrected chi connectivity index (χ0v) is 13.9. The first-order valence-corrected chi connectivity index (χ1v) is 8.30. The van der Waals surface area contributed by atoms with Crippen molar-refractivity contribution >= 4 is 5.97 Å². The summed E-state index contributed by atoms with van der Waals surface area (Å²) in [7, 11) is 0. The Hall–Kier alpha value is -0.570. The molecule has 3 heteroatoms. The van der Waals surface area contributed by atoms with Gasteiger partial charge in [-0.05, 0) is 57.4 Å². The summed E-state index contributed by atoms with van der Waals surface area (Å²) in [5, 5.41) is 8.84. The topological polar surface area (TPSA) is 40.5 Å².